The highest BCUT2D eigenvalue weighted by atomic mass is 35.5. The fraction of sp³-hybridized carbons (Fsp3) is 0.0667. The number of fused-ring (bicyclic) bond motifs is 1. The number of hydrogen-bond acceptors (Lipinski definition) is 5. The third-order valence-electron chi connectivity index (χ3n) is 3.27. The molecule has 0 spiro atoms. The smallest absolute Gasteiger partial charge is 0.212 e. The van der Waals surface area contributed by atoms with Crippen LogP contribution >= 0.6 is 23.4 Å². The second-order valence-electron chi connectivity index (χ2n) is 4.70. The van der Waals surface area contributed by atoms with Crippen molar-refractivity contribution in [2.24, 2.45) is 5.10 Å². The molecule has 5 nitrogen and oxygen atoms in total. The minimum atomic E-state index is 0.696. The van der Waals surface area contributed by atoms with E-state index in [4.69, 9.17) is 16.7 Å². The molecule has 0 fully saturated rings. The van der Waals surface area contributed by atoms with E-state index in [1.54, 1.807) is 28.8 Å². The van der Waals surface area contributed by atoms with Crippen molar-refractivity contribution in [3.8, 4) is 11.4 Å². The predicted octanol–water partition coefficient (Wildman–Crippen LogP) is 3.35. The number of aromatic nitrogens is 4. The Morgan fingerprint density at radius 3 is 2.68 bits per heavy atom. The molecule has 0 N–H and O–H groups in total. The summed E-state index contributed by atoms with van der Waals surface area (Å²) >= 11 is 7.56. The van der Waals surface area contributed by atoms with Crippen LogP contribution in [0, 0.1) is 0 Å². The average Bonchev–Trinajstić information content (AvgIpc) is 2.99. The van der Waals surface area contributed by atoms with Gasteiger partial charge in [-0.25, -0.2) is 0 Å². The van der Waals surface area contributed by atoms with Crippen molar-refractivity contribution >= 4 is 29.1 Å². The maximum atomic E-state index is 5.94. The van der Waals surface area contributed by atoms with Gasteiger partial charge in [-0.3, -0.25) is 4.98 Å². The molecule has 0 saturated heterocycles. The van der Waals surface area contributed by atoms with Crippen molar-refractivity contribution in [3.63, 3.8) is 0 Å². The molecule has 0 amide bonds. The summed E-state index contributed by atoms with van der Waals surface area (Å²) in [5.41, 5.74) is 2.91. The molecular formula is C15H10ClN5S. The van der Waals surface area contributed by atoms with Gasteiger partial charge in [-0.1, -0.05) is 35.5 Å². The molecule has 0 saturated carbocycles. The van der Waals surface area contributed by atoms with Crippen molar-refractivity contribution in [3.05, 3.63) is 59.4 Å². The lowest BCUT2D eigenvalue weighted by Gasteiger charge is -2.13. The lowest BCUT2D eigenvalue weighted by atomic mass is 10.1. The van der Waals surface area contributed by atoms with Crippen LogP contribution in [-0.2, 0) is 0 Å². The zero-order valence-corrected chi connectivity index (χ0v) is 12.9. The zero-order valence-electron chi connectivity index (χ0n) is 11.3. The topological polar surface area (TPSA) is 56.0 Å². The van der Waals surface area contributed by atoms with Crippen LogP contribution in [0.5, 0.6) is 0 Å². The third kappa shape index (κ3) is 2.40. The molecule has 0 radical (unpaired) electrons. The van der Waals surface area contributed by atoms with Crippen LogP contribution in [-0.4, -0.2) is 31.3 Å². The Balaban J connectivity index is 1.79. The fourth-order valence-corrected chi connectivity index (χ4v) is 3.15. The van der Waals surface area contributed by atoms with E-state index in [1.807, 2.05) is 36.4 Å². The van der Waals surface area contributed by atoms with Gasteiger partial charge in [0.25, 0.3) is 0 Å². The number of hydrogen-bond donors (Lipinski definition) is 0. The SMILES string of the molecule is Clc1ccc(C2=Nn3c(nnc3-c3cccnc3)SC2)cc1. The van der Waals surface area contributed by atoms with E-state index in [2.05, 4.69) is 15.2 Å². The Hall–Kier alpha value is -2.18. The highest BCUT2D eigenvalue weighted by Crippen LogP contribution is 2.28. The molecule has 0 unspecified atom stereocenters. The first-order valence-electron chi connectivity index (χ1n) is 6.64. The molecule has 1 aliphatic heterocycles. The Morgan fingerprint density at radius 2 is 1.91 bits per heavy atom. The van der Waals surface area contributed by atoms with Gasteiger partial charge >= 0.3 is 0 Å². The van der Waals surface area contributed by atoms with Gasteiger partial charge < -0.3 is 0 Å². The molecule has 22 heavy (non-hydrogen) atoms. The van der Waals surface area contributed by atoms with Crippen LogP contribution in [0.4, 0.5) is 0 Å². The van der Waals surface area contributed by atoms with Crippen molar-refractivity contribution in [2.45, 2.75) is 5.16 Å². The zero-order chi connectivity index (χ0) is 14.9. The lowest BCUT2D eigenvalue weighted by Crippen LogP contribution is -2.13. The van der Waals surface area contributed by atoms with Gasteiger partial charge in [0, 0.05) is 28.7 Å². The van der Waals surface area contributed by atoms with Gasteiger partial charge in [0.05, 0.1) is 5.71 Å². The third-order valence-corrected chi connectivity index (χ3v) is 4.45. The predicted molar refractivity (Wildman–Crippen MR) is 87.4 cm³/mol. The summed E-state index contributed by atoms with van der Waals surface area (Å²) in [4.78, 5) is 4.13. The monoisotopic (exact) mass is 327 g/mol. The molecular weight excluding hydrogens is 318 g/mol. The van der Waals surface area contributed by atoms with Crippen molar-refractivity contribution in [1.29, 1.82) is 0 Å². The van der Waals surface area contributed by atoms with E-state index in [-0.39, 0.29) is 0 Å². The molecule has 1 aliphatic rings. The summed E-state index contributed by atoms with van der Waals surface area (Å²) in [5.74, 6) is 1.45. The normalized spacial score (nSPS) is 13.6. The van der Waals surface area contributed by atoms with E-state index in [1.165, 1.54) is 0 Å². The highest BCUT2D eigenvalue weighted by molar-refractivity contribution is 7.99. The van der Waals surface area contributed by atoms with Gasteiger partial charge in [0.2, 0.25) is 5.16 Å². The van der Waals surface area contributed by atoms with Crippen LogP contribution in [0.25, 0.3) is 11.4 Å². The van der Waals surface area contributed by atoms with Crippen LogP contribution in [0.15, 0.2) is 59.0 Å². The number of thioether (sulfide) groups is 1. The molecule has 3 heterocycles. The first kappa shape index (κ1) is 13.5. The molecule has 108 valence electrons. The highest BCUT2D eigenvalue weighted by Gasteiger charge is 2.20. The maximum absolute atomic E-state index is 5.94. The van der Waals surface area contributed by atoms with Crippen molar-refractivity contribution < 1.29 is 0 Å². The molecule has 7 heteroatoms. The van der Waals surface area contributed by atoms with Gasteiger partial charge in [0.15, 0.2) is 5.82 Å². The summed E-state index contributed by atoms with van der Waals surface area (Å²) in [7, 11) is 0. The van der Waals surface area contributed by atoms with Crippen LogP contribution < -0.4 is 0 Å². The molecule has 0 aliphatic carbocycles. The Labute approximate surface area is 136 Å². The minimum absolute atomic E-state index is 0.696. The quantitative estimate of drug-likeness (QED) is 0.724. The van der Waals surface area contributed by atoms with Gasteiger partial charge in [-0.2, -0.15) is 9.78 Å². The van der Waals surface area contributed by atoms with Gasteiger partial charge in [0.1, 0.15) is 0 Å². The van der Waals surface area contributed by atoms with Crippen LogP contribution in [0.2, 0.25) is 5.02 Å². The van der Waals surface area contributed by atoms with E-state index < -0.39 is 0 Å². The first-order valence-corrected chi connectivity index (χ1v) is 8.00. The number of halogens is 1. The summed E-state index contributed by atoms with van der Waals surface area (Å²) in [6, 6.07) is 11.5. The lowest BCUT2D eigenvalue weighted by molar-refractivity contribution is 0.762. The molecule has 2 aromatic heterocycles. The van der Waals surface area contributed by atoms with E-state index >= 15 is 0 Å². The van der Waals surface area contributed by atoms with Crippen LogP contribution in [0.3, 0.4) is 0 Å². The second kappa shape index (κ2) is 5.55. The van der Waals surface area contributed by atoms with Crippen molar-refractivity contribution in [2.75, 3.05) is 5.75 Å². The molecule has 3 aromatic rings. The molecule has 4 rings (SSSR count). The number of benzene rings is 1. The number of nitrogens with zero attached hydrogens (tertiary/aromatic N) is 5. The van der Waals surface area contributed by atoms with Gasteiger partial charge in [-0.05, 0) is 29.8 Å². The number of pyridine rings is 1. The average molecular weight is 328 g/mol. The van der Waals surface area contributed by atoms with Crippen molar-refractivity contribution in [1.82, 2.24) is 19.9 Å². The Morgan fingerprint density at radius 1 is 1.05 bits per heavy atom. The maximum Gasteiger partial charge on any atom is 0.212 e. The van der Waals surface area contributed by atoms with E-state index in [0.717, 1.165) is 27.7 Å². The van der Waals surface area contributed by atoms with E-state index in [0.29, 0.717) is 10.8 Å². The summed E-state index contributed by atoms with van der Waals surface area (Å²) in [6.07, 6.45) is 3.49. The summed E-state index contributed by atoms with van der Waals surface area (Å²) < 4.78 is 1.77. The summed E-state index contributed by atoms with van der Waals surface area (Å²) in [5, 5.41) is 14.6. The molecule has 1 aromatic carbocycles. The Bertz CT molecular complexity index is 842. The first-order chi connectivity index (χ1) is 10.8. The minimum Gasteiger partial charge on any atom is -0.264 e. The molecule has 0 atom stereocenters. The number of rotatable bonds is 2. The standard InChI is InChI=1S/C15H10ClN5S/c16-12-5-3-10(4-6-12)13-9-22-15-19-18-14(21(15)20-13)11-2-1-7-17-8-11/h1-8H,9H2. The summed E-state index contributed by atoms with van der Waals surface area (Å²) in [6.45, 7) is 0. The largest absolute Gasteiger partial charge is 0.264 e. The fourth-order valence-electron chi connectivity index (χ4n) is 2.19. The molecule has 0 bridgehead atoms. The van der Waals surface area contributed by atoms with Crippen LogP contribution in [0.1, 0.15) is 5.56 Å². The second-order valence-corrected chi connectivity index (χ2v) is 6.08. The van der Waals surface area contributed by atoms with Gasteiger partial charge in [-0.15, -0.1) is 10.2 Å². The van der Waals surface area contributed by atoms with E-state index in [9.17, 15) is 0 Å². The Kier molecular flexibility index (Phi) is 3.40.